The lowest BCUT2D eigenvalue weighted by Crippen LogP contribution is -2.25. The number of nitrogens with zero attached hydrogens (tertiary/aromatic N) is 1. The van der Waals surface area contributed by atoms with Crippen molar-refractivity contribution in [3.05, 3.63) is 74.0 Å². The van der Waals surface area contributed by atoms with E-state index in [2.05, 4.69) is 15.9 Å². The largest absolute Gasteiger partial charge is 0.508 e. The predicted octanol–water partition coefficient (Wildman–Crippen LogP) is 3.44. The molecule has 2 heterocycles. The number of rotatable bonds is 1. The fourth-order valence-electron chi connectivity index (χ4n) is 3.11. The second-order valence-corrected chi connectivity index (χ2v) is 6.64. The summed E-state index contributed by atoms with van der Waals surface area (Å²) in [5.41, 5.74) is 1.24. The summed E-state index contributed by atoms with van der Waals surface area (Å²) in [6, 6.07) is 11.1. The number of hydrogen-bond donors (Lipinski definition) is 1. The van der Waals surface area contributed by atoms with Crippen LogP contribution in [0.3, 0.4) is 0 Å². The van der Waals surface area contributed by atoms with Gasteiger partial charge in [0.2, 0.25) is 5.76 Å². The summed E-state index contributed by atoms with van der Waals surface area (Å²) in [6.07, 6.45) is 0. The van der Waals surface area contributed by atoms with Crippen LogP contribution in [0.15, 0.2) is 56.1 Å². The smallest absolute Gasteiger partial charge is 0.290 e. The lowest BCUT2D eigenvalue weighted by atomic mass is 9.99. The molecule has 5 nitrogen and oxygen atoms in total. The minimum Gasteiger partial charge on any atom is -0.508 e. The Morgan fingerprint density at radius 3 is 2.54 bits per heavy atom. The molecule has 0 bridgehead atoms. The molecule has 4 rings (SSSR count). The Labute approximate surface area is 145 Å². The Balaban J connectivity index is 2.03. The summed E-state index contributed by atoms with van der Waals surface area (Å²) in [4.78, 5) is 27.0. The standard InChI is InChI=1S/C18H12BrNO4/c1-20-15(9-2-5-11(21)6-3-9)14-16(22)12-8-10(19)4-7-13(12)24-17(14)18(20)23/h2-8,15,21H,1H3. The number of benzene rings is 2. The number of amides is 1. The molecule has 1 aliphatic rings. The molecular formula is C18H12BrNO4. The number of halogens is 1. The van der Waals surface area contributed by atoms with Gasteiger partial charge in [0.05, 0.1) is 17.0 Å². The minimum atomic E-state index is -0.535. The van der Waals surface area contributed by atoms with E-state index in [1.165, 1.54) is 17.0 Å². The Morgan fingerprint density at radius 2 is 1.83 bits per heavy atom. The number of hydrogen-bond acceptors (Lipinski definition) is 4. The van der Waals surface area contributed by atoms with Crippen LogP contribution >= 0.6 is 15.9 Å². The van der Waals surface area contributed by atoms with Crippen LogP contribution in [-0.2, 0) is 0 Å². The van der Waals surface area contributed by atoms with Crippen molar-refractivity contribution in [1.82, 2.24) is 4.90 Å². The van der Waals surface area contributed by atoms with Crippen LogP contribution in [0.25, 0.3) is 11.0 Å². The summed E-state index contributed by atoms with van der Waals surface area (Å²) in [5.74, 6) is -0.124. The first-order valence-corrected chi connectivity index (χ1v) is 8.09. The van der Waals surface area contributed by atoms with Gasteiger partial charge in [-0.05, 0) is 35.9 Å². The summed E-state index contributed by atoms with van der Waals surface area (Å²) < 4.78 is 6.50. The minimum absolute atomic E-state index is 0.0791. The molecule has 1 amide bonds. The van der Waals surface area contributed by atoms with Gasteiger partial charge in [0.25, 0.3) is 5.91 Å². The third-order valence-electron chi connectivity index (χ3n) is 4.27. The summed E-state index contributed by atoms with van der Waals surface area (Å²) >= 11 is 3.35. The van der Waals surface area contributed by atoms with Gasteiger partial charge < -0.3 is 14.4 Å². The molecular weight excluding hydrogens is 374 g/mol. The Kier molecular flexibility index (Phi) is 3.25. The Bertz CT molecular complexity index is 1040. The van der Waals surface area contributed by atoms with Crippen molar-refractivity contribution in [3.8, 4) is 5.75 Å². The third-order valence-corrected chi connectivity index (χ3v) is 4.76. The van der Waals surface area contributed by atoms with E-state index >= 15 is 0 Å². The zero-order chi connectivity index (χ0) is 17.0. The highest BCUT2D eigenvalue weighted by Gasteiger charge is 2.40. The Morgan fingerprint density at radius 1 is 1.12 bits per heavy atom. The van der Waals surface area contributed by atoms with Crippen molar-refractivity contribution >= 4 is 32.8 Å². The second-order valence-electron chi connectivity index (χ2n) is 5.72. The number of phenolic OH excluding ortho intramolecular Hbond substituents is 1. The van der Waals surface area contributed by atoms with E-state index in [-0.39, 0.29) is 22.8 Å². The van der Waals surface area contributed by atoms with Gasteiger partial charge in [-0.1, -0.05) is 28.1 Å². The molecule has 120 valence electrons. The van der Waals surface area contributed by atoms with Crippen molar-refractivity contribution in [2.24, 2.45) is 0 Å². The molecule has 1 N–H and O–H groups in total. The number of phenols is 1. The average Bonchev–Trinajstić information content (AvgIpc) is 2.82. The third kappa shape index (κ3) is 2.06. The highest BCUT2D eigenvalue weighted by Crippen LogP contribution is 2.37. The van der Waals surface area contributed by atoms with E-state index in [0.29, 0.717) is 16.5 Å². The predicted molar refractivity (Wildman–Crippen MR) is 92.2 cm³/mol. The number of carbonyl (C=O) groups excluding carboxylic acids is 1. The highest BCUT2D eigenvalue weighted by atomic mass is 79.9. The van der Waals surface area contributed by atoms with Gasteiger partial charge in [-0.2, -0.15) is 0 Å². The molecule has 2 aromatic carbocycles. The first-order valence-electron chi connectivity index (χ1n) is 7.29. The van der Waals surface area contributed by atoms with Gasteiger partial charge >= 0.3 is 0 Å². The molecule has 0 saturated heterocycles. The van der Waals surface area contributed by atoms with Gasteiger partial charge in [-0.15, -0.1) is 0 Å². The maximum Gasteiger partial charge on any atom is 0.290 e. The monoisotopic (exact) mass is 385 g/mol. The average molecular weight is 386 g/mol. The topological polar surface area (TPSA) is 70.8 Å². The lowest BCUT2D eigenvalue weighted by molar-refractivity contribution is 0.0771. The van der Waals surface area contributed by atoms with Crippen LogP contribution in [0.1, 0.15) is 27.7 Å². The van der Waals surface area contributed by atoms with Crippen LogP contribution in [-0.4, -0.2) is 23.0 Å². The molecule has 0 saturated carbocycles. The normalized spacial score (nSPS) is 16.7. The maximum absolute atomic E-state index is 13.0. The molecule has 1 atom stereocenters. The lowest BCUT2D eigenvalue weighted by Gasteiger charge is -2.20. The maximum atomic E-state index is 13.0. The van der Waals surface area contributed by atoms with Gasteiger partial charge in [-0.3, -0.25) is 9.59 Å². The van der Waals surface area contributed by atoms with Gasteiger partial charge in [0.1, 0.15) is 11.3 Å². The number of carbonyl (C=O) groups is 1. The fraction of sp³-hybridized carbons (Fsp3) is 0.111. The van der Waals surface area contributed by atoms with E-state index in [1.807, 2.05) is 0 Å². The van der Waals surface area contributed by atoms with Gasteiger partial charge in [-0.25, -0.2) is 0 Å². The number of aromatic hydroxyl groups is 1. The Hall–Kier alpha value is -2.60. The fourth-order valence-corrected chi connectivity index (χ4v) is 3.47. The molecule has 6 heteroatoms. The van der Waals surface area contributed by atoms with E-state index in [4.69, 9.17) is 4.42 Å². The molecule has 1 unspecified atom stereocenters. The molecule has 0 fully saturated rings. The zero-order valence-corrected chi connectivity index (χ0v) is 14.2. The molecule has 0 radical (unpaired) electrons. The first-order chi connectivity index (χ1) is 11.5. The second kappa shape index (κ2) is 5.21. The quantitative estimate of drug-likeness (QED) is 0.696. The van der Waals surface area contributed by atoms with Crippen molar-refractivity contribution in [3.63, 3.8) is 0 Å². The van der Waals surface area contributed by atoms with Crippen molar-refractivity contribution in [2.75, 3.05) is 7.05 Å². The van der Waals surface area contributed by atoms with Crippen molar-refractivity contribution < 1.29 is 14.3 Å². The summed E-state index contributed by atoms with van der Waals surface area (Å²) in [5, 5.41) is 9.90. The highest BCUT2D eigenvalue weighted by molar-refractivity contribution is 9.10. The number of fused-ring (bicyclic) bond motifs is 2. The van der Waals surface area contributed by atoms with Crippen LogP contribution in [0.2, 0.25) is 0 Å². The molecule has 0 aliphatic carbocycles. The molecule has 3 aromatic rings. The zero-order valence-electron chi connectivity index (χ0n) is 12.6. The molecule has 1 aliphatic heterocycles. The molecule has 0 spiro atoms. The summed E-state index contributed by atoms with van der Waals surface area (Å²) in [7, 11) is 1.63. The van der Waals surface area contributed by atoms with Gasteiger partial charge in [0, 0.05) is 11.5 Å². The van der Waals surface area contributed by atoms with Crippen LogP contribution in [0.5, 0.6) is 5.75 Å². The first kappa shape index (κ1) is 15.0. The van der Waals surface area contributed by atoms with Crippen LogP contribution in [0, 0.1) is 0 Å². The van der Waals surface area contributed by atoms with Crippen LogP contribution in [0.4, 0.5) is 0 Å². The molecule has 24 heavy (non-hydrogen) atoms. The van der Waals surface area contributed by atoms with Crippen molar-refractivity contribution in [1.29, 1.82) is 0 Å². The van der Waals surface area contributed by atoms with E-state index in [1.54, 1.807) is 37.4 Å². The van der Waals surface area contributed by atoms with E-state index < -0.39 is 6.04 Å². The van der Waals surface area contributed by atoms with Crippen LogP contribution < -0.4 is 5.43 Å². The molecule has 1 aromatic heterocycles. The summed E-state index contributed by atoms with van der Waals surface area (Å²) in [6.45, 7) is 0. The van der Waals surface area contributed by atoms with E-state index in [9.17, 15) is 14.7 Å². The van der Waals surface area contributed by atoms with E-state index in [0.717, 1.165) is 10.0 Å². The van der Waals surface area contributed by atoms with Gasteiger partial charge in [0.15, 0.2) is 5.43 Å². The van der Waals surface area contributed by atoms with Crippen molar-refractivity contribution in [2.45, 2.75) is 6.04 Å². The SMILES string of the molecule is CN1C(=O)c2oc3ccc(Br)cc3c(=O)c2C1c1ccc(O)cc1.